The Kier molecular flexibility index (Phi) is 4.74. The van der Waals surface area contributed by atoms with Gasteiger partial charge < -0.3 is 14.2 Å². The largest absolute Gasteiger partial charge is 0.451 e. The summed E-state index contributed by atoms with van der Waals surface area (Å²) in [7, 11) is 6.13. The third-order valence-corrected chi connectivity index (χ3v) is 5.31. The van der Waals surface area contributed by atoms with Crippen LogP contribution in [-0.4, -0.2) is 52.7 Å². The van der Waals surface area contributed by atoms with Crippen LogP contribution in [0.25, 0.3) is 11.0 Å². The Hall–Kier alpha value is -2.60. The topological polar surface area (TPSA) is 54.5 Å². The number of hydrogen-bond acceptors (Lipinski definition) is 4. The van der Waals surface area contributed by atoms with Crippen molar-refractivity contribution >= 4 is 16.9 Å². The van der Waals surface area contributed by atoms with Crippen LogP contribution in [0, 0.1) is 0 Å². The van der Waals surface area contributed by atoms with Gasteiger partial charge in [0.25, 0.3) is 5.91 Å². The van der Waals surface area contributed by atoms with Crippen LogP contribution in [0.5, 0.6) is 0 Å². The molecule has 1 aliphatic rings. The van der Waals surface area contributed by atoms with Gasteiger partial charge in [0.2, 0.25) is 0 Å². The number of para-hydroxylation sites is 1. The first-order chi connectivity index (χ1) is 13.0. The van der Waals surface area contributed by atoms with Crippen LogP contribution in [0.4, 0.5) is 0 Å². The maximum atomic E-state index is 12.8. The van der Waals surface area contributed by atoms with E-state index < -0.39 is 0 Å². The average Bonchev–Trinajstić information content (AvgIpc) is 3.25. The fourth-order valence-electron chi connectivity index (χ4n) is 3.82. The second-order valence-corrected chi connectivity index (χ2v) is 7.64. The quantitative estimate of drug-likeness (QED) is 0.711. The first kappa shape index (κ1) is 17.8. The van der Waals surface area contributed by atoms with Gasteiger partial charge in [-0.2, -0.15) is 5.10 Å². The summed E-state index contributed by atoms with van der Waals surface area (Å²) in [6, 6.07) is 11.8. The average molecular weight is 366 g/mol. The lowest BCUT2D eigenvalue weighted by Gasteiger charge is -2.30. The number of aromatic nitrogens is 2. The molecule has 0 radical (unpaired) electrons. The van der Waals surface area contributed by atoms with Crippen LogP contribution >= 0.6 is 0 Å². The molecule has 27 heavy (non-hydrogen) atoms. The smallest absolute Gasteiger partial charge is 0.289 e. The van der Waals surface area contributed by atoms with Crippen molar-refractivity contribution in [2.45, 2.75) is 25.3 Å². The van der Waals surface area contributed by atoms with Gasteiger partial charge in [-0.1, -0.05) is 18.2 Å². The van der Waals surface area contributed by atoms with Gasteiger partial charge in [-0.05, 0) is 45.1 Å². The van der Waals surface area contributed by atoms with E-state index >= 15 is 0 Å². The fourth-order valence-corrected chi connectivity index (χ4v) is 3.82. The summed E-state index contributed by atoms with van der Waals surface area (Å²) >= 11 is 0. The van der Waals surface area contributed by atoms with E-state index in [4.69, 9.17) is 9.52 Å². The van der Waals surface area contributed by atoms with Crippen molar-refractivity contribution in [1.29, 1.82) is 0 Å². The summed E-state index contributed by atoms with van der Waals surface area (Å²) in [6.07, 6.45) is 1.87. The van der Waals surface area contributed by atoms with Crippen LogP contribution in [0.1, 0.15) is 40.7 Å². The molecule has 4 rings (SSSR count). The van der Waals surface area contributed by atoms with Crippen LogP contribution in [-0.2, 0) is 13.6 Å². The van der Waals surface area contributed by atoms with Gasteiger partial charge in [0.05, 0.1) is 11.4 Å². The molecular formula is C21H26N4O2. The molecular weight excluding hydrogens is 340 g/mol. The molecule has 0 atom stereocenters. The summed E-state index contributed by atoms with van der Waals surface area (Å²) in [4.78, 5) is 16.8. The van der Waals surface area contributed by atoms with Gasteiger partial charge in [0.1, 0.15) is 5.58 Å². The SMILES string of the molecule is CN(C)Cc1cc(C2CCN(C(=O)c3cc4ccccc4o3)CC2)nn1C. The molecule has 1 aromatic carbocycles. The number of hydrogen-bond donors (Lipinski definition) is 0. The molecule has 3 heterocycles. The van der Waals surface area contributed by atoms with Gasteiger partial charge >= 0.3 is 0 Å². The van der Waals surface area contributed by atoms with Crippen LogP contribution in [0.3, 0.4) is 0 Å². The van der Waals surface area contributed by atoms with Crippen LogP contribution in [0.2, 0.25) is 0 Å². The first-order valence-corrected chi connectivity index (χ1v) is 9.46. The van der Waals surface area contributed by atoms with Gasteiger partial charge in [-0.25, -0.2) is 0 Å². The van der Waals surface area contributed by atoms with E-state index in [0.717, 1.165) is 49.1 Å². The lowest BCUT2D eigenvalue weighted by Crippen LogP contribution is -2.37. The Bertz CT molecular complexity index is 915. The minimum Gasteiger partial charge on any atom is -0.451 e. The Morgan fingerprint density at radius 1 is 1.22 bits per heavy atom. The highest BCUT2D eigenvalue weighted by atomic mass is 16.3. The molecule has 1 saturated heterocycles. The lowest BCUT2D eigenvalue weighted by atomic mass is 9.93. The number of rotatable bonds is 4. The Morgan fingerprint density at radius 3 is 2.67 bits per heavy atom. The number of amides is 1. The summed E-state index contributed by atoms with van der Waals surface area (Å²) in [5.41, 5.74) is 3.12. The molecule has 0 bridgehead atoms. The molecule has 1 aliphatic heterocycles. The van der Waals surface area contributed by atoms with Crippen LogP contribution < -0.4 is 0 Å². The number of piperidine rings is 1. The molecule has 142 valence electrons. The zero-order valence-electron chi connectivity index (χ0n) is 16.2. The Morgan fingerprint density at radius 2 is 1.96 bits per heavy atom. The molecule has 0 spiro atoms. The van der Waals surface area contributed by atoms with Crippen molar-refractivity contribution in [2.75, 3.05) is 27.2 Å². The van der Waals surface area contributed by atoms with Gasteiger partial charge in [-0.15, -0.1) is 0 Å². The number of nitrogens with zero attached hydrogens (tertiary/aromatic N) is 4. The van der Waals surface area contributed by atoms with Crippen molar-refractivity contribution in [3.63, 3.8) is 0 Å². The molecule has 0 N–H and O–H groups in total. The summed E-state index contributed by atoms with van der Waals surface area (Å²) in [6.45, 7) is 2.35. The molecule has 0 saturated carbocycles. The lowest BCUT2D eigenvalue weighted by molar-refractivity contribution is 0.0682. The van der Waals surface area contributed by atoms with Gasteiger partial charge in [-0.3, -0.25) is 9.48 Å². The highest BCUT2D eigenvalue weighted by molar-refractivity contribution is 5.96. The van der Waals surface area contributed by atoms with E-state index in [2.05, 4.69) is 25.1 Å². The minimum atomic E-state index is -0.0148. The summed E-state index contributed by atoms with van der Waals surface area (Å²) in [5, 5.41) is 5.68. The van der Waals surface area contributed by atoms with Gasteiger partial charge in [0.15, 0.2) is 5.76 Å². The third-order valence-electron chi connectivity index (χ3n) is 5.31. The monoisotopic (exact) mass is 366 g/mol. The standard InChI is InChI=1S/C21H26N4O2/c1-23(2)14-17-13-18(22-24(17)3)15-8-10-25(11-9-15)21(26)20-12-16-6-4-5-7-19(16)27-20/h4-7,12-13,15H,8-11,14H2,1-3H3. The van der Waals surface area contributed by atoms with E-state index in [1.165, 1.54) is 5.69 Å². The maximum absolute atomic E-state index is 12.8. The van der Waals surface area contributed by atoms with E-state index in [0.29, 0.717) is 11.7 Å². The minimum absolute atomic E-state index is 0.0148. The number of fused-ring (bicyclic) bond motifs is 1. The molecule has 6 nitrogen and oxygen atoms in total. The van der Waals surface area contributed by atoms with Gasteiger partial charge in [0, 0.05) is 38.0 Å². The van der Waals surface area contributed by atoms with Crippen molar-refractivity contribution in [2.24, 2.45) is 7.05 Å². The second-order valence-electron chi connectivity index (χ2n) is 7.64. The molecule has 0 aliphatic carbocycles. The summed E-state index contributed by atoms with van der Waals surface area (Å²) < 4.78 is 7.71. The molecule has 0 unspecified atom stereocenters. The highest BCUT2D eigenvalue weighted by Crippen LogP contribution is 2.29. The van der Waals surface area contributed by atoms with Crippen molar-refractivity contribution in [3.05, 3.63) is 53.5 Å². The maximum Gasteiger partial charge on any atom is 0.289 e. The number of furan rings is 1. The second kappa shape index (κ2) is 7.19. The number of likely N-dealkylation sites (tertiary alicyclic amines) is 1. The van der Waals surface area contributed by atoms with Crippen molar-refractivity contribution < 1.29 is 9.21 Å². The fraction of sp³-hybridized carbons (Fsp3) is 0.429. The molecule has 2 aromatic heterocycles. The zero-order valence-corrected chi connectivity index (χ0v) is 16.2. The number of carbonyl (C=O) groups excluding carboxylic acids is 1. The van der Waals surface area contributed by atoms with Crippen molar-refractivity contribution in [1.82, 2.24) is 19.6 Å². The molecule has 1 amide bonds. The molecule has 1 fully saturated rings. The van der Waals surface area contributed by atoms with E-state index in [1.807, 2.05) is 47.0 Å². The molecule has 3 aromatic rings. The number of aryl methyl sites for hydroxylation is 1. The predicted octanol–water partition coefficient (Wildman–Crippen LogP) is 3.25. The van der Waals surface area contributed by atoms with E-state index in [-0.39, 0.29) is 5.91 Å². The number of carbonyl (C=O) groups is 1. The van der Waals surface area contributed by atoms with Crippen LogP contribution in [0.15, 0.2) is 40.8 Å². The van der Waals surface area contributed by atoms with E-state index in [9.17, 15) is 4.79 Å². The number of benzene rings is 1. The predicted molar refractivity (Wildman–Crippen MR) is 105 cm³/mol. The summed E-state index contributed by atoms with van der Waals surface area (Å²) in [5.74, 6) is 0.826. The third kappa shape index (κ3) is 3.62. The molecule has 6 heteroatoms. The van der Waals surface area contributed by atoms with Crippen molar-refractivity contribution in [3.8, 4) is 0 Å². The Balaban J connectivity index is 1.42. The normalized spacial score (nSPS) is 15.8. The Labute approximate surface area is 159 Å². The first-order valence-electron chi connectivity index (χ1n) is 9.46. The highest BCUT2D eigenvalue weighted by Gasteiger charge is 2.28. The van der Waals surface area contributed by atoms with E-state index in [1.54, 1.807) is 0 Å². The zero-order chi connectivity index (χ0) is 19.0.